The average molecular weight is 262 g/mol. The smallest absolute Gasteiger partial charge is 0.296 e. The highest BCUT2D eigenvalue weighted by Crippen LogP contribution is 2.08. The van der Waals surface area contributed by atoms with E-state index in [9.17, 15) is 4.79 Å². The van der Waals surface area contributed by atoms with E-state index in [4.69, 9.17) is 0 Å². The van der Waals surface area contributed by atoms with Crippen LogP contribution in [0, 0.1) is 0 Å². The van der Waals surface area contributed by atoms with Crippen molar-refractivity contribution in [2.75, 3.05) is 5.32 Å². The number of carbonyl (C=O) groups is 1. The number of H-pyrrole nitrogens is 2. The van der Waals surface area contributed by atoms with Crippen LogP contribution in [0.3, 0.4) is 0 Å². The molecule has 7 heteroatoms. The van der Waals surface area contributed by atoms with Crippen molar-refractivity contribution in [2.24, 2.45) is 0 Å². The third kappa shape index (κ3) is 3.40. The standard InChI is InChI=1S/C12H18N6O/c1-3-5-8-7-10(17-15-8)14-12(19)11-13-9(6-4-2)16-18-11/h7H,3-6H2,1-2H3,(H,13,16,18)(H2,14,15,17,19). The van der Waals surface area contributed by atoms with Crippen molar-refractivity contribution in [3.05, 3.63) is 23.4 Å². The fraction of sp³-hybridized carbons (Fsp3) is 0.500. The van der Waals surface area contributed by atoms with Crippen molar-refractivity contribution >= 4 is 11.7 Å². The Bertz CT molecular complexity index is 544. The Hall–Kier alpha value is -2.18. The fourth-order valence-corrected chi connectivity index (χ4v) is 1.74. The molecule has 7 nitrogen and oxygen atoms in total. The number of amides is 1. The number of nitrogens with one attached hydrogen (secondary N) is 3. The van der Waals surface area contributed by atoms with Crippen LogP contribution >= 0.6 is 0 Å². The lowest BCUT2D eigenvalue weighted by molar-refractivity contribution is 0.101. The Balaban J connectivity index is 1.98. The van der Waals surface area contributed by atoms with Crippen LogP contribution in [-0.2, 0) is 12.8 Å². The van der Waals surface area contributed by atoms with Crippen molar-refractivity contribution in [3.63, 3.8) is 0 Å². The Labute approximate surface area is 111 Å². The number of hydrogen-bond acceptors (Lipinski definition) is 4. The highest BCUT2D eigenvalue weighted by Gasteiger charge is 2.13. The highest BCUT2D eigenvalue weighted by atomic mass is 16.2. The number of aryl methyl sites for hydroxylation is 2. The van der Waals surface area contributed by atoms with Crippen molar-refractivity contribution in [1.29, 1.82) is 0 Å². The number of anilines is 1. The minimum atomic E-state index is -0.354. The van der Waals surface area contributed by atoms with Gasteiger partial charge in [-0.05, 0) is 12.8 Å². The van der Waals surface area contributed by atoms with Crippen LogP contribution in [0.5, 0.6) is 0 Å². The van der Waals surface area contributed by atoms with Gasteiger partial charge in [-0.25, -0.2) is 4.98 Å². The van der Waals surface area contributed by atoms with Gasteiger partial charge in [0.25, 0.3) is 5.91 Å². The van der Waals surface area contributed by atoms with Crippen LogP contribution < -0.4 is 5.32 Å². The summed E-state index contributed by atoms with van der Waals surface area (Å²) in [4.78, 5) is 16.0. The van der Waals surface area contributed by atoms with E-state index in [1.165, 1.54) is 0 Å². The van der Waals surface area contributed by atoms with E-state index >= 15 is 0 Å². The second-order valence-corrected chi connectivity index (χ2v) is 4.34. The minimum absolute atomic E-state index is 0.142. The van der Waals surface area contributed by atoms with Crippen LogP contribution in [0.25, 0.3) is 0 Å². The molecule has 0 aliphatic rings. The van der Waals surface area contributed by atoms with Gasteiger partial charge in [-0.1, -0.05) is 20.3 Å². The molecule has 0 saturated carbocycles. The molecule has 3 N–H and O–H groups in total. The second-order valence-electron chi connectivity index (χ2n) is 4.34. The summed E-state index contributed by atoms with van der Waals surface area (Å²) < 4.78 is 0. The van der Waals surface area contributed by atoms with E-state index in [1.54, 1.807) is 0 Å². The SMILES string of the molecule is CCCc1cc(NC(=O)c2n[nH]c(CCC)n2)n[nH]1. The van der Waals surface area contributed by atoms with Gasteiger partial charge in [-0.2, -0.15) is 5.10 Å². The summed E-state index contributed by atoms with van der Waals surface area (Å²) in [5, 5.41) is 16.2. The maximum Gasteiger partial charge on any atom is 0.296 e. The molecule has 0 radical (unpaired) electrons. The Morgan fingerprint density at radius 2 is 2.00 bits per heavy atom. The summed E-state index contributed by atoms with van der Waals surface area (Å²) in [6.45, 7) is 4.13. The van der Waals surface area contributed by atoms with Crippen molar-refractivity contribution < 1.29 is 4.79 Å². The van der Waals surface area contributed by atoms with Gasteiger partial charge >= 0.3 is 0 Å². The molecule has 19 heavy (non-hydrogen) atoms. The predicted molar refractivity (Wildman–Crippen MR) is 70.9 cm³/mol. The van der Waals surface area contributed by atoms with Crippen molar-refractivity contribution in [2.45, 2.75) is 39.5 Å². The van der Waals surface area contributed by atoms with Gasteiger partial charge < -0.3 is 5.32 Å². The predicted octanol–water partition coefficient (Wildman–Crippen LogP) is 1.69. The van der Waals surface area contributed by atoms with Gasteiger partial charge in [-0.15, -0.1) is 5.10 Å². The second kappa shape index (κ2) is 6.12. The number of hydrogen-bond donors (Lipinski definition) is 3. The molecule has 2 aromatic heterocycles. The summed E-state index contributed by atoms with van der Waals surface area (Å²) in [6.07, 6.45) is 3.67. The molecular formula is C12H18N6O. The number of carbonyl (C=O) groups excluding carboxylic acids is 1. The number of aromatic amines is 2. The first-order valence-corrected chi connectivity index (χ1v) is 6.49. The first-order valence-electron chi connectivity index (χ1n) is 6.49. The molecule has 0 saturated heterocycles. The maximum absolute atomic E-state index is 11.9. The average Bonchev–Trinajstić information content (AvgIpc) is 3.00. The summed E-state index contributed by atoms with van der Waals surface area (Å²) in [5.41, 5.74) is 0.999. The number of aromatic nitrogens is 5. The summed E-state index contributed by atoms with van der Waals surface area (Å²) >= 11 is 0. The third-order valence-electron chi connectivity index (χ3n) is 2.61. The molecule has 0 aliphatic carbocycles. The van der Waals surface area contributed by atoms with Crippen LogP contribution in [0.4, 0.5) is 5.82 Å². The Morgan fingerprint density at radius 3 is 2.74 bits per heavy atom. The first kappa shape index (κ1) is 13.3. The molecule has 0 aliphatic heterocycles. The van der Waals surface area contributed by atoms with Crippen molar-refractivity contribution in [3.8, 4) is 0 Å². The van der Waals surface area contributed by atoms with Crippen LogP contribution in [-0.4, -0.2) is 31.3 Å². The van der Waals surface area contributed by atoms with E-state index in [0.29, 0.717) is 5.82 Å². The zero-order valence-electron chi connectivity index (χ0n) is 11.2. The minimum Gasteiger partial charge on any atom is -0.302 e. The lowest BCUT2D eigenvalue weighted by Crippen LogP contribution is -2.14. The van der Waals surface area contributed by atoms with Gasteiger partial charge in [0.15, 0.2) is 5.82 Å². The molecule has 0 bridgehead atoms. The molecule has 0 fully saturated rings. The van der Waals surface area contributed by atoms with E-state index in [1.807, 2.05) is 13.0 Å². The van der Waals surface area contributed by atoms with Crippen LogP contribution in [0.1, 0.15) is 48.8 Å². The normalized spacial score (nSPS) is 10.6. The topological polar surface area (TPSA) is 99.3 Å². The molecule has 0 unspecified atom stereocenters. The quantitative estimate of drug-likeness (QED) is 0.737. The molecule has 0 atom stereocenters. The fourth-order valence-electron chi connectivity index (χ4n) is 1.74. The van der Waals surface area contributed by atoms with Gasteiger partial charge in [0.05, 0.1) is 0 Å². The molecular weight excluding hydrogens is 244 g/mol. The molecule has 2 heterocycles. The zero-order valence-corrected chi connectivity index (χ0v) is 11.2. The Morgan fingerprint density at radius 1 is 1.21 bits per heavy atom. The molecule has 2 rings (SSSR count). The molecule has 1 amide bonds. The summed E-state index contributed by atoms with van der Waals surface area (Å²) in [7, 11) is 0. The van der Waals surface area contributed by atoms with E-state index in [0.717, 1.165) is 37.2 Å². The molecule has 0 spiro atoms. The van der Waals surface area contributed by atoms with Crippen LogP contribution in [0.15, 0.2) is 6.07 Å². The van der Waals surface area contributed by atoms with Gasteiger partial charge in [0.1, 0.15) is 5.82 Å². The van der Waals surface area contributed by atoms with Gasteiger partial charge in [-0.3, -0.25) is 15.0 Å². The third-order valence-corrected chi connectivity index (χ3v) is 2.61. The summed E-state index contributed by atoms with van der Waals surface area (Å²) in [6, 6.07) is 1.82. The van der Waals surface area contributed by atoms with E-state index in [2.05, 4.69) is 37.6 Å². The molecule has 0 aromatic carbocycles. The number of rotatable bonds is 6. The van der Waals surface area contributed by atoms with E-state index in [-0.39, 0.29) is 11.7 Å². The molecule has 102 valence electrons. The van der Waals surface area contributed by atoms with Gasteiger partial charge in [0, 0.05) is 18.2 Å². The van der Waals surface area contributed by atoms with Crippen LogP contribution in [0.2, 0.25) is 0 Å². The molecule has 2 aromatic rings. The lowest BCUT2D eigenvalue weighted by Gasteiger charge is -1.95. The van der Waals surface area contributed by atoms with E-state index < -0.39 is 0 Å². The monoisotopic (exact) mass is 262 g/mol. The Kier molecular flexibility index (Phi) is 4.27. The first-order chi connectivity index (χ1) is 9.22. The van der Waals surface area contributed by atoms with Crippen molar-refractivity contribution in [1.82, 2.24) is 25.4 Å². The number of nitrogens with zero attached hydrogens (tertiary/aromatic N) is 3. The zero-order chi connectivity index (χ0) is 13.7. The maximum atomic E-state index is 11.9. The largest absolute Gasteiger partial charge is 0.302 e. The summed E-state index contributed by atoms with van der Waals surface area (Å²) in [5.74, 6) is 1.01. The highest BCUT2D eigenvalue weighted by molar-refractivity contribution is 6.00. The lowest BCUT2D eigenvalue weighted by atomic mass is 10.2. The van der Waals surface area contributed by atoms with Gasteiger partial charge in [0.2, 0.25) is 5.82 Å².